The highest BCUT2D eigenvalue weighted by Gasteiger charge is 2.67. The molecule has 0 aliphatic heterocycles. The van der Waals surface area contributed by atoms with Crippen molar-refractivity contribution < 1.29 is 13.3 Å². The van der Waals surface area contributed by atoms with E-state index >= 15 is 0 Å². The second kappa shape index (κ2) is 9.57. The smallest absolute Gasteiger partial charge is 0.184 e. The van der Waals surface area contributed by atoms with Gasteiger partial charge >= 0.3 is 0 Å². The van der Waals surface area contributed by atoms with E-state index in [0.29, 0.717) is 11.5 Å². The van der Waals surface area contributed by atoms with Crippen LogP contribution in [0.15, 0.2) is 0 Å². The second-order valence-electron chi connectivity index (χ2n) is 16.8. The van der Waals surface area contributed by atoms with Crippen molar-refractivity contribution in [2.45, 2.75) is 155 Å². The van der Waals surface area contributed by atoms with Gasteiger partial charge in [-0.3, -0.25) is 0 Å². The molecule has 0 N–H and O–H groups in total. The molecular formula is C30H60O3Si3. The molecule has 9 atom stereocenters. The average molecular weight is 553 g/mol. The van der Waals surface area contributed by atoms with Crippen LogP contribution < -0.4 is 0 Å². The molecule has 4 aliphatic carbocycles. The van der Waals surface area contributed by atoms with Crippen LogP contribution in [0.2, 0.25) is 58.9 Å². The van der Waals surface area contributed by atoms with Gasteiger partial charge in [-0.1, -0.05) is 13.8 Å². The lowest BCUT2D eigenvalue weighted by molar-refractivity contribution is -0.175. The van der Waals surface area contributed by atoms with Crippen molar-refractivity contribution >= 4 is 25.0 Å². The van der Waals surface area contributed by atoms with Gasteiger partial charge in [0.15, 0.2) is 25.0 Å². The predicted molar refractivity (Wildman–Crippen MR) is 161 cm³/mol. The summed E-state index contributed by atoms with van der Waals surface area (Å²) >= 11 is 0. The maximum absolute atomic E-state index is 7.36. The quantitative estimate of drug-likeness (QED) is 0.295. The van der Waals surface area contributed by atoms with E-state index in [4.69, 9.17) is 13.3 Å². The lowest BCUT2D eigenvalue weighted by Gasteiger charge is -2.63. The lowest BCUT2D eigenvalue weighted by atomic mass is 9.44. The zero-order valence-corrected chi connectivity index (χ0v) is 29.1. The Morgan fingerprint density at radius 3 is 1.92 bits per heavy atom. The molecule has 4 saturated carbocycles. The molecule has 0 aromatic heterocycles. The van der Waals surface area contributed by atoms with Gasteiger partial charge in [-0.25, -0.2) is 0 Å². The highest BCUT2D eigenvalue weighted by molar-refractivity contribution is 6.70. The number of rotatable bonds is 7. The van der Waals surface area contributed by atoms with Crippen molar-refractivity contribution in [3.8, 4) is 0 Å². The normalized spacial score (nSPS) is 44.5. The average Bonchev–Trinajstić information content (AvgIpc) is 2.98. The van der Waals surface area contributed by atoms with E-state index in [0.717, 1.165) is 23.7 Å². The van der Waals surface area contributed by atoms with E-state index in [2.05, 4.69) is 79.7 Å². The van der Waals surface area contributed by atoms with Crippen LogP contribution in [0, 0.1) is 34.5 Å². The Labute approximate surface area is 227 Å². The first-order chi connectivity index (χ1) is 16.3. The van der Waals surface area contributed by atoms with Gasteiger partial charge in [-0.05, 0) is 153 Å². The van der Waals surface area contributed by atoms with Crippen LogP contribution in [0.1, 0.15) is 78.6 Å². The maximum Gasteiger partial charge on any atom is 0.184 e. The van der Waals surface area contributed by atoms with Crippen LogP contribution in [0.25, 0.3) is 0 Å². The third kappa shape index (κ3) is 5.43. The first-order valence-electron chi connectivity index (χ1n) is 15.4. The van der Waals surface area contributed by atoms with Crippen molar-refractivity contribution in [3.05, 3.63) is 0 Å². The van der Waals surface area contributed by atoms with Gasteiger partial charge in [-0.2, -0.15) is 0 Å². The Balaban J connectivity index is 1.59. The van der Waals surface area contributed by atoms with Crippen molar-refractivity contribution in [1.29, 1.82) is 0 Å². The SMILES string of the molecule is C[C@@H](O[Si](C)(C)C)[C@@]1(O[Si](C)(C)C)CC[C@H]2[C@@H]3CC[C@H]4C[C@H](O[Si](C)(C)C)CC[C@]4(C)[C@H]3CC[C@@]21C. The van der Waals surface area contributed by atoms with Crippen LogP contribution in [0.5, 0.6) is 0 Å². The van der Waals surface area contributed by atoms with Crippen molar-refractivity contribution in [2.24, 2.45) is 34.5 Å². The zero-order valence-electron chi connectivity index (χ0n) is 26.1. The Kier molecular flexibility index (Phi) is 7.85. The van der Waals surface area contributed by atoms with Crippen LogP contribution in [0.3, 0.4) is 0 Å². The van der Waals surface area contributed by atoms with Gasteiger partial charge in [0, 0.05) is 11.5 Å². The van der Waals surface area contributed by atoms with Crippen molar-refractivity contribution in [3.63, 3.8) is 0 Å². The van der Waals surface area contributed by atoms with E-state index in [1.165, 1.54) is 57.8 Å². The van der Waals surface area contributed by atoms with Crippen LogP contribution >= 0.6 is 0 Å². The molecule has 0 radical (unpaired) electrons. The molecule has 0 spiro atoms. The zero-order chi connectivity index (χ0) is 26.9. The van der Waals surface area contributed by atoms with E-state index in [1.54, 1.807) is 0 Å². The van der Waals surface area contributed by atoms with Gasteiger partial charge in [0.1, 0.15) is 0 Å². The molecule has 210 valence electrons. The Morgan fingerprint density at radius 1 is 0.694 bits per heavy atom. The number of fused-ring (bicyclic) bond motifs is 5. The van der Waals surface area contributed by atoms with Gasteiger partial charge in [0.05, 0.1) is 11.7 Å². The lowest BCUT2D eigenvalue weighted by Crippen LogP contribution is -2.63. The van der Waals surface area contributed by atoms with E-state index in [1.807, 2.05) is 0 Å². The van der Waals surface area contributed by atoms with Crippen molar-refractivity contribution in [2.75, 3.05) is 0 Å². The molecule has 0 unspecified atom stereocenters. The van der Waals surface area contributed by atoms with Crippen LogP contribution in [-0.4, -0.2) is 42.8 Å². The molecule has 4 aliphatic rings. The fraction of sp³-hybridized carbons (Fsp3) is 1.00. The number of hydrogen-bond donors (Lipinski definition) is 0. The summed E-state index contributed by atoms with van der Waals surface area (Å²) < 4.78 is 20.9. The van der Waals surface area contributed by atoms with Crippen LogP contribution in [-0.2, 0) is 13.3 Å². The van der Waals surface area contributed by atoms with E-state index in [-0.39, 0.29) is 17.1 Å². The number of hydrogen-bond acceptors (Lipinski definition) is 3. The minimum atomic E-state index is -1.75. The molecule has 6 heteroatoms. The molecule has 0 bridgehead atoms. The molecule has 0 aromatic carbocycles. The van der Waals surface area contributed by atoms with Crippen LogP contribution in [0.4, 0.5) is 0 Å². The molecule has 3 nitrogen and oxygen atoms in total. The third-order valence-corrected chi connectivity index (χ3v) is 14.1. The summed E-state index contributed by atoms with van der Waals surface area (Å²) in [4.78, 5) is 0. The molecule has 4 fully saturated rings. The molecule has 4 rings (SSSR count). The molecule has 0 heterocycles. The maximum atomic E-state index is 7.36. The minimum absolute atomic E-state index is 0.117. The summed E-state index contributed by atoms with van der Waals surface area (Å²) in [5.74, 6) is 3.40. The minimum Gasteiger partial charge on any atom is -0.415 e. The molecule has 0 aromatic rings. The monoisotopic (exact) mass is 552 g/mol. The van der Waals surface area contributed by atoms with Gasteiger partial charge in [0.2, 0.25) is 0 Å². The molecule has 0 saturated heterocycles. The van der Waals surface area contributed by atoms with Crippen molar-refractivity contribution in [1.82, 2.24) is 0 Å². The topological polar surface area (TPSA) is 27.7 Å². The Hall–Kier alpha value is 0.531. The molecular weight excluding hydrogens is 493 g/mol. The summed E-state index contributed by atoms with van der Waals surface area (Å²) in [6.07, 6.45) is 12.8. The summed E-state index contributed by atoms with van der Waals surface area (Å²) in [6, 6.07) is 0. The molecule has 0 amide bonds. The molecule has 36 heavy (non-hydrogen) atoms. The first-order valence-corrected chi connectivity index (χ1v) is 25.6. The summed E-state index contributed by atoms with van der Waals surface area (Å²) in [5, 5.41) is 0. The highest BCUT2D eigenvalue weighted by atomic mass is 28.4. The van der Waals surface area contributed by atoms with E-state index < -0.39 is 25.0 Å². The van der Waals surface area contributed by atoms with Gasteiger partial charge in [0.25, 0.3) is 0 Å². The summed E-state index contributed by atoms with van der Waals surface area (Å²) in [5.41, 5.74) is 0.623. The Morgan fingerprint density at radius 2 is 1.33 bits per heavy atom. The standard InChI is InChI=1S/C30H60O3Si3/c1-22(31-34(4,5)6)30(33-36(10,11)12)20-17-27-25-14-13-23-21-24(32-35(7,8)9)15-18-28(23,2)26(25)16-19-29(27,30)3/h22-27H,13-21H2,1-12H3/t22-,23+,24-,25-,26+,27+,28+,29+,30+/m1/s1. The first kappa shape index (κ1) is 29.5. The fourth-order valence-corrected chi connectivity index (χ4v) is 14.0. The summed E-state index contributed by atoms with van der Waals surface area (Å²) in [7, 11) is -4.88. The Bertz CT molecular complexity index is 799. The highest BCUT2D eigenvalue weighted by Crippen LogP contribution is 2.70. The summed E-state index contributed by atoms with van der Waals surface area (Å²) in [6.45, 7) is 29.0. The largest absolute Gasteiger partial charge is 0.415 e. The second-order valence-corrected chi connectivity index (χ2v) is 30.1. The van der Waals surface area contributed by atoms with Gasteiger partial charge < -0.3 is 13.3 Å². The van der Waals surface area contributed by atoms with E-state index in [9.17, 15) is 0 Å². The fourth-order valence-electron chi connectivity index (χ4n) is 9.95. The predicted octanol–water partition coefficient (Wildman–Crippen LogP) is 9.08. The van der Waals surface area contributed by atoms with Gasteiger partial charge in [-0.15, -0.1) is 0 Å². The third-order valence-electron chi connectivity index (χ3n) is 11.0.